The summed E-state index contributed by atoms with van der Waals surface area (Å²) >= 11 is 0. The Hall–Kier alpha value is -3.66. The van der Waals surface area contributed by atoms with E-state index >= 15 is 0 Å². The highest BCUT2D eigenvalue weighted by Gasteiger charge is 2.18. The Labute approximate surface area is 155 Å². The van der Waals surface area contributed by atoms with Gasteiger partial charge in [0.15, 0.2) is 12.4 Å². The standard InChI is InChI=1S/C20H18N2O5/c1-13-10-18(25)19(20(26)22(13)12-14(2)23)17(24)7-6-15-4-3-5-16(11-15)27-9-8-21/h3-7,10-11,25H,9,12H2,1-2H3. The normalized spacial score (nSPS) is 10.6. The first-order valence-corrected chi connectivity index (χ1v) is 8.08. The van der Waals surface area contributed by atoms with Crippen LogP contribution in [0.5, 0.6) is 11.5 Å². The predicted octanol–water partition coefficient (Wildman–Crippen LogP) is 2.25. The van der Waals surface area contributed by atoms with Crippen LogP contribution in [0.3, 0.4) is 0 Å². The van der Waals surface area contributed by atoms with Crippen LogP contribution in [0.15, 0.2) is 41.2 Å². The number of pyridine rings is 1. The molecule has 0 spiro atoms. The van der Waals surface area contributed by atoms with Gasteiger partial charge in [-0.2, -0.15) is 5.26 Å². The molecule has 0 unspecified atom stereocenters. The van der Waals surface area contributed by atoms with Crippen molar-refractivity contribution in [2.24, 2.45) is 0 Å². The summed E-state index contributed by atoms with van der Waals surface area (Å²) in [5, 5.41) is 18.6. The molecule has 27 heavy (non-hydrogen) atoms. The maximum atomic E-state index is 12.5. The molecule has 0 bridgehead atoms. The van der Waals surface area contributed by atoms with Gasteiger partial charge in [0, 0.05) is 11.8 Å². The Morgan fingerprint density at radius 1 is 1.33 bits per heavy atom. The van der Waals surface area contributed by atoms with Crippen molar-refractivity contribution in [1.82, 2.24) is 4.57 Å². The summed E-state index contributed by atoms with van der Waals surface area (Å²) in [5.41, 5.74) is -0.108. The quantitative estimate of drug-likeness (QED) is 0.594. The summed E-state index contributed by atoms with van der Waals surface area (Å²) in [6.45, 7) is 2.63. The fourth-order valence-electron chi connectivity index (χ4n) is 2.48. The van der Waals surface area contributed by atoms with Gasteiger partial charge in [0.25, 0.3) is 5.56 Å². The Morgan fingerprint density at radius 3 is 2.74 bits per heavy atom. The van der Waals surface area contributed by atoms with Crippen LogP contribution in [-0.2, 0) is 11.3 Å². The van der Waals surface area contributed by atoms with E-state index in [1.54, 1.807) is 31.2 Å². The van der Waals surface area contributed by atoms with Crippen molar-refractivity contribution in [2.75, 3.05) is 6.61 Å². The average molecular weight is 366 g/mol. The van der Waals surface area contributed by atoms with Crippen molar-refractivity contribution in [2.45, 2.75) is 20.4 Å². The van der Waals surface area contributed by atoms with E-state index < -0.39 is 22.7 Å². The second-order valence-electron chi connectivity index (χ2n) is 5.86. The van der Waals surface area contributed by atoms with Crippen molar-refractivity contribution in [3.8, 4) is 17.6 Å². The number of Topliss-reactive ketones (excluding diaryl/α,β-unsaturated/α-hetero) is 1. The number of aromatic hydroxyl groups is 1. The smallest absolute Gasteiger partial charge is 0.266 e. The molecule has 0 atom stereocenters. The number of nitriles is 1. The lowest BCUT2D eigenvalue weighted by Crippen LogP contribution is -2.29. The maximum absolute atomic E-state index is 12.5. The highest BCUT2D eigenvalue weighted by Crippen LogP contribution is 2.18. The molecule has 138 valence electrons. The fourth-order valence-corrected chi connectivity index (χ4v) is 2.48. The van der Waals surface area contributed by atoms with E-state index in [9.17, 15) is 19.5 Å². The number of carbonyl (C=O) groups excluding carboxylic acids is 2. The SMILES string of the molecule is CC(=O)Cn1c(C)cc(O)c(C(=O)C=Cc2cccc(OCC#N)c2)c1=O. The van der Waals surface area contributed by atoms with Crippen molar-refractivity contribution in [1.29, 1.82) is 5.26 Å². The molecule has 0 fully saturated rings. The lowest BCUT2D eigenvalue weighted by Gasteiger charge is -2.11. The number of allylic oxidation sites excluding steroid dienone is 1. The molecule has 0 aliphatic heterocycles. The first kappa shape index (κ1) is 19.7. The Balaban J connectivity index is 2.33. The van der Waals surface area contributed by atoms with Crippen molar-refractivity contribution in [3.63, 3.8) is 0 Å². The van der Waals surface area contributed by atoms with Gasteiger partial charge in [0.1, 0.15) is 28.9 Å². The Bertz CT molecular complexity index is 1010. The molecule has 2 aromatic rings. The molecule has 1 N–H and O–H groups in total. The second-order valence-corrected chi connectivity index (χ2v) is 5.86. The average Bonchev–Trinajstić information content (AvgIpc) is 2.61. The van der Waals surface area contributed by atoms with Crippen molar-refractivity contribution >= 4 is 17.6 Å². The van der Waals surface area contributed by atoms with Gasteiger partial charge in [0.2, 0.25) is 0 Å². The summed E-state index contributed by atoms with van der Waals surface area (Å²) in [6, 6.07) is 9.85. The minimum Gasteiger partial charge on any atom is -0.507 e. The van der Waals surface area contributed by atoms with Crippen LogP contribution in [0, 0.1) is 18.3 Å². The highest BCUT2D eigenvalue weighted by molar-refractivity contribution is 6.08. The van der Waals surface area contributed by atoms with E-state index in [-0.39, 0.29) is 18.9 Å². The van der Waals surface area contributed by atoms with Crippen LogP contribution in [-0.4, -0.2) is 27.8 Å². The van der Waals surface area contributed by atoms with Crippen LogP contribution in [0.2, 0.25) is 0 Å². The van der Waals surface area contributed by atoms with E-state index in [0.717, 1.165) is 10.6 Å². The van der Waals surface area contributed by atoms with Gasteiger partial charge < -0.3 is 14.4 Å². The first-order valence-electron chi connectivity index (χ1n) is 8.08. The molecule has 1 aromatic heterocycles. The Morgan fingerprint density at radius 2 is 2.07 bits per heavy atom. The molecular formula is C20H18N2O5. The molecule has 0 aliphatic carbocycles. The minimum absolute atomic E-state index is 0.0982. The molecule has 2 rings (SSSR count). The van der Waals surface area contributed by atoms with Crippen LogP contribution in [0.25, 0.3) is 6.08 Å². The van der Waals surface area contributed by atoms with E-state index in [0.29, 0.717) is 17.0 Å². The largest absolute Gasteiger partial charge is 0.507 e. The number of ether oxygens (including phenoxy) is 1. The fraction of sp³-hybridized carbons (Fsp3) is 0.200. The molecule has 0 aliphatic rings. The molecule has 1 aromatic carbocycles. The van der Waals surface area contributed by atoms with Gasteiger partial charge in [-0.05, 0) is 37.6 Å². The van der Waals surface area contributed by atoms with E-state index in [4.69, 9.17) is 10.00 Å². The maximum Gasteiger partial charge on any atom is 0.266 e. The zero-order valence-corrected chi connectivity index (χ0v) is 14.9. The molecule has 0 saturated heterocycles. The number of ketones is 2. The number of aromatic nitrogens is 1. The number of rotatable bonds is 7. The molecule has 1 heterocycles. The number of carbonyl (C=O) groups is 2. The summed E-state index contributed by atoms with van der Waals surface area (Å²) < 4.78 is 6.34. The number of aryl methyl sites for hydroxylation is 1. The zero-order chi connectivity index (χ0) is 20.0. The van der Waals surface area contributed by atoms with Gasteiger partial charge in [0.05, 0.1) is 6.54 Å². The van der Waals surface area contributed by atoms with Gasteiger partial charge in [-0.3, -0.25) is 14.4 Å². The van der Waals surface area contributed by atoms with E-state index in [1.165, 1.54) is 19.1 Å². The van der Waals surface area contributed by atoms with Crippen LogP contribution in [0.1, 0.15) is 28.5 Å². The monoisotopic (exact) mass is 366 g/mol. The van der Waals surface area contributed by atoms with Gasteiger partial charge in [-0.15, -0.1) is 0 Å². The third-order valence-corrected chi connectivity index (χ3v) is 3.70. The highest BCUT2D eigenvalue weighted by atomic mass is 16.5. The second kappa shape index (κ2) is 8.63. The van der Waals surface area contributed by atoms with Gasteiger partial charge in [-0.1, -0.05) is 18.2 Å². The van der Waals surface area contributed by atoms with Gasteiger partial charge in [-0.25, -0.2) is 0 Å². The van der Waals surface area contributed by atoms with Crippen molar-refractivity contribution in [3.05, 3.63) is 63.6 Å². The molecule has 7 heteroatoms. The molecule has 0 saturated carbocycles. The predicted molar refractivity (Wildman–Crippen MR) is 98.7 cm³/mol. The number of hydrogen-bond acceptors (Lipinski definition) is 6. The van der Waals surface area contributed by atoms with E-state index in [2.05, 4.69) is 0 Å². The zero-order valence-electron chi connectivity index (χ0n) is 14.9. The summed E-state index contributed by atoms with van der Waals surface area (Å²) in [7, 11) is 0. The summed E-state index contributed by atoms with van der Waals surface area (Å²) in [5.74, 6) is -0.890. The van der Waals surface area contributed by atoms with Crippen molar-refractivity contribution < 1.29 is 19.4 Å². The third-order valence-electron chi connectivity index (χ3n) is 3.70. The molecule has 7 nitrogen and oxygen atoms in total. The lowest BCUT2D eigenvalue weighted by molar-refractivity contribution is -0.117. The van der Waals surface area contributed by atoms with E-state index in [1.807, 2.05) is 6.07 Å². The topological polar surface area (TPSA) is 109 Å². The van der Waals surface area contributed by atoms with Crippen LogP contribution >= 0.6 is 0 Å². The summed E-state index contributed by atoms with van der Waals surface area (Å²) in [6.07, 6.45) is 2.63. The Kier molecular flexibility index (Phi) is 6.28. The first-order chi connectivity index (χ1) is 12.8. The summed E-state index contributed by atoms with van der Waals surface area (Å²) in [4.78, 5) is 36.3. The minimum atomic E-state index is -0.719. The van der Waals surface area contributed by atoms with Gasteiger partial charge >= 0.3 is 0 Å². The lowest BCUT2D eigenvalue weighted by atomic mass is 10.1. The van der Waals surface area contributed by atoms with Crippen LogP contribution < -0.4 is 10.3 Å². The number of benzene rings is 1. The third kappa shape index (κ3) is 4.92. The molecule has 0 amide bonds. The number of nitrogens with zero attached hydrogens (tertiary/aromatic N) is 2. The molecule has 0 radical (unpaired) electrons. The number of hydrogen-bond donors (Lipinski definition) is 1. The molecular weight excluding hydrogens is 348 g/mol. The van der Waals surface area contributed by atoms with Crippen LogP contribution in [0.4, 0.5) is 0 Å².